The van der Waals surface area contributed by atoms with Crippen LogP contribution in [-0.2, 0) is 4.74 Å². The van der Waals surface area contributed by atoms with Crippen molar-refractivity contribution in [2.24, 2.45) is 0 Å². The molecule has 3 heteroatoms. The van der Waals surface area contributed by atoms with Crippen LogP contribution in [-0.4, -0.2) is 18.8 Å². The Balaban J connectivity index is 1.96. The highest BCUT2D eigenvalue weighted by Crippen LogP contribution is 2.28. The average Bonchev–Trinajstić information content (AvgIpc) is 2.26. The SMILES string of the molecule is CCOC1CC(Nc2cc(C)ccc2C#N)C1. The van der Waals surface area contributed by atoms with Gasteiger partial charge in [-0.2, -0.15) is 5.26 Å². The monoisotopic (exact) mass is 230 g/mol. The van der Waals surface area contributed by atoms with E-state index in [1.54, 1.807) is 0 Å². The Kier molecular flexibility index (Phi) is 3.65. The molecular formula is C14H18N2O. The van der Waals surface area contributed by atoms with Crippen molar-refractivity contribution < 1.29 is 4.74 Å². The Morgan fingerprint density at radius 3 is 2.88 bits per heavy atom. The minimum atomic E-state index is 0.396. The molecule has 0 spiro atoms. The third-order valence-corrected chi connectivity index (χ3v) is 3.15. The molecule has 0 saturated heterocycles. The molecule has 2 rings (SSSR count). The lowest BCUT2D eigenvalue weighted by Crippen LogP contribution is -2.40. The first-order valence-corrected chi connectivity index (χ1v) is 6.11. The summed E-state index contributed by atoms with van der Waals surface area (Å²) in [5.41, 5.74) is 2.84. The molecule has 0 heterocycles. The van der Waals surface area contributed by atoms with Crippen molar-refractivity contribution in [1.82, 2.24) is 0 Å². The third-order valence-electron chi connectivity index (χ3n) is 3.15. The van der Waals surface area contributed by atoms with Crippen molar-refractivity contribution in [1.29, 1.82) is 5.26 Å². The van der Waals surface area contributed by atoms with Gasteiger partial charge in [-0.05, 0) is 44.4 Å². The van der Waals surface area contributed by atoms with Gasteiger partial charge in [-0.3, -0.25) is 0 Å². The van der Waals surface area contributed by atoms with E-state index in [-0.39, 0.29) is 0 Å². The van der Waals surface area contributed by atoms with Crippen LogP contribution in [0.25, 0.3) is 0 Å². The fraction of sp³-hybridized carbons (Fsp3) is 0.500. The zero-order chi connectivity index (χ0) is 12.3. The standard InChI is InChI=1S/C14H18N2O/c1-3-17-13-7-12(8-13)16-14-6-10(2)4-5-11(14)9-15/h4-6,12-13,16H,3,7-8H2,1-2H3. The lowest BCUT2D eigenvalue weighted by Gasteiger charge is -2.36. The van der Waals surface area contributed by atoms with Crippen LogP contribution in [0.5, 0.6) is 0 Å². The van der Waals surface area contributed by atoms with Gasteiger partial charge in [0, 0.05) is 12.6 Å². The summed E-state index contributed by atoms with van der Waals surface area (Å²) in [6, 6.07) is 8.54. The van der Waals surface area contributed by atoms with E-state index in [1.807, 2.05) is 32.0 Å². The number of rotatable bonds is 4. The molecule has 1 aromatic carbocycles. The Morgan fingerprint density at radius 1 is 1.47 bits per heavy atom. The summed E-state index contributed by atoms with van der Waals surface area (Å²) in [5.74, 6) is 0. The number of nitrogens with zero attached hydrogens (tertiary/aromatic N) is 1. The molecule has 1 aromatic rings. The molecule has 1 N–H and O–H groups in total. The second-order valence-electron chi connectivity index (χ2n) is 4.55. The van der Waals surface area contributed by atoms with Gasteiger partial charge in [-0.25, -0.2) is 0 Å². The zero-order valence-electron chi connectivity index (χ0n) is 10.4. The number of nitriles is 1. The maximum Gasteiger partial charge on any atom is 0.101 e. The van der Waals surface area contributed by atoms with Gasteiger partial charge in [0.15, 0.2) is 0 Å². The Bertz CT molecular complexity index is 430. The van der Waals surface area contributed by atoms with Crippen molar-refractivity contribution in [3.05, 3.63) is 29.3 Å². The van der Waals surface area contributed by atoms with Gasteiger partial charge < -0.3 is 10.1 Å². The first-order valence-electron chi connectivity index (χ1n) is 6.11. The van der Waals surface area contributed by atoms with Gasteiger partial charge in [0.1, 0.15) is 6.07 Å². The summed E-state index contributed by atoms with van der Waals surface area (Å²) in [4.78, 5) is 0. The first-order chi connectivity index (χ1) is 8.22. The molecule has 0 aliphatic heterocycles. The maximum absolute atomic E-state index is 9.03. The summed E-state index contributed by atoms with van der Waals surface area (Å²) >= 11 is 0. The first kappa shape index (κ1) is 11.9. The van der Waals surface area contributed by atoms with Gasteiger partial charge in [-0.1, -0.05) is 6.07 Å². The second kappa shape index (κ2) is 5.20. The minimum absolute atomic E-state index is 0.396. The van der Waals surface area contributed by atoms with Crippen LogP contribution in [0.2, 0.25) is 0 Å². The molecule has 0 unspecified atom stereocenters. The minimum Gasteiger partial charge on any atom is -0.381 e. The highest BCUT2D eigenvalue weighted by molar-refractivity contribution is 5.59. The summed E-state index contributed by atoms with van der Waals surface area (Å²) < 4.78 is 5.52. The molecule has 0 bridgehead atoms. The lowest BCUT2D eigenvalue weighted by molar-refractivity contribution is 0.00299. The van der Waals surface area contributed by atoms with Crippen molar-refractivity contribution >= 4 is 5.69 Å². The number of aryl methyl sites for hydroxylation is 1. The summed E-state index contributed by atoms with van der Waals surface area (Å²) in [5, 5.41) is 12.5. The fourth-order valence-corrected chi connectivity index (χ4v) is 2.15. The van der Waals surface area contributed by atoms with E-state index in [4.69, 9.17) is 10.00 Å². The van der Waals surface area contributed by atoms with Crippen LogP contribution in [0.4, 0.5) is 5.69 Å². The van der Waals surface area contributed by atoms with E-state index < -0.39 is 0 Å². The van der Waals surface area contributed by atoms with Crippen LogP contribution in [0.15, 0.2) is 18.2 Å². The molecule has 0 radical (unpaired) electrons. The number of anilines is 1. The molecule has 1 aliphatic carbocycles. The average molecular weight is 230 g/mol. The van der Waals surface area contributed by atoms with Crippen molar-refractivity contribution in [3.8, 4) is 6.07 Å². The highest BCUT2D eigenvalue weighted by Gasteiger charge is 2.29. The van der Waals surface area contributed by atoms with Gasteiger partial charge in [0.2, 0.25) is 0 Å². The summed E-state index contributed by atoms with van der Waals surface area (Å²) in [7, 11) is 0. The number of ether oxygens (including phenoxy) is 1. The molecule has 0 amide bonds. The quantitative estimate of drug-likeness (QED) is 0.865. The lowest BCUT2D eigenvalue weighted by atomic mass is 9.88. The van der Waals surface area contributed by atoms with Crippen LogP contribution in [0.1, 0.15) is 30.9 Å². The van der Waals surface area contributed by atoms with Crippen molar-refractivity contribution in [2.45, 2.75) is 38.8 Å². The van der Waals surface area contributed by atoms with E-state index in [9.17, 15) is 0 Å². The topological polar surface area (TPSA) is 45.0 Å². The molecule has 17 heavy (non-hydrogen) atoms. The van der Waals surface area contributed by atoms with E-state index in [2.05, 4.69) is 11.4 Å². The summed E-state index contributed by atoms with van der Waals surface area (Å²) in [6.07, 6.45) is 2.46. The highest BCUT2D eigenvalue weighted by atomic mass is 16.5. The van der Waals surface area contributed by atoms with E-state index in [1.165, 1.54) is 5.56 Å². The van der Waals surface area contributed by atoms with Crippen LogP contribution < -0.4 is 5.32 Å². The van der Waals surface area contributed by atoms with Gasteiger partial charge in [-0.15, -0.1) is 0 Å². The number of nitrogens with one attached hydrogen (secondary N) is 1. The van der Waals surface area contributed by atoms with Gasteiger partial charge >= 0.3 is 0 Å². The molecule has 0 aromatic heterocycles. The maximum atomic E-state index is 9.03. The Labute approximate surface area is 102 Å². The van der Waals surface area contributed by atoms with E-state index in [0.29, 0.717) is 12.1 Å². The number of benzene rings is 1. The van der Waals surface area contributed by atoms with Gasteiger partial charge in [0.25, 0.3) is 0 Å². The molecule has 1 fully saturated rings. The van der Waals surface area contributed by atoms with Crippen LogP contribution in [0.3, 0.4) is 0 Å². The second-order valence-corrected chi connectivity index (χ2v) is 4.55. The normalized spacial score (nSPS) is 22.6. The van der Waals surface area contributed by atoms with E-state index >= 15 is 0 Å². The van der Waals surface area contributed by atoms with E-state index in [0.717, 1.165) is 30.7 Å². The molecule has 1 saturated carbocycles. The predicted molar refractivity (Wildman–Crippen MR) is 68.0 cm³/mol. The predicted octanol–water partition coefficient (Wildman–Crippen LogP) is 2.85. The molecular weight excluding hydrogens is 212 g/mol. The largest absolute Gasteiger partial charge is 0.381 e. The summed E-state index contributed by atoms with van der Waals surface area (Å²) in [6.45, 7) is 4.84. The molecule has 90 valence electrons. The molecule has 3 nitrogen and oxygen atoms in total. The fourth-order valence-electron chi connectivity index (χ4n) is 2.15. The van der Waals surface area contributed by atoms with Crippen molar-refractivity contribution in [2.75, 3.05) is 11.9 Å². The van der Waals surface area contributed by atoms with Crippen LogP contribution >= 0.6 is 0 Å². The molecule has 0 atom stereocenters. The number of hydrogen-bond acceptors (Lipinski definition) is 3. The third kappa shape index (κ3) is 2.78. The molecule has 1 aliphatic rings. The van der Waals surface area contributed by atoms with Crippen LogP contribution in [0, 0.1) is 18.3 Å². The number of hydrogen-bond donors (Lipinski definition) is 1. The smallest absolute Gasteiger partial charge is 0.101 e. The van der Waals surface area contributed by atoms with Gasteiger partial charge in [0.05, 0.1) is 17.4 Å². The Hall–Kier alpha value is -1.53. The van der Waals surface area contributed by atoms with Crippen molar-refractivity contribution in [3.63, 3.8) is 0 Å². The zero-order valence-corrected chi connectivity index (χ0v) is 10.4. The Morgan fingerprint density at radius 2 is 2.24 bits per heavy atom.